The van der Waals surface area contributed by atoms with Gasteiger partial charge in [-0.1, -0.05) is 6.92 Å². The van der Waals surface area contributed by atoms with Gasteiger partial charge in [-0.15, -0.1) is 0 Å². The number of hydrogen-bond acceptors (Lipinski definition) is 6. The predicted molar refractivity (Wildman–Crippen MR) is 85.5 cm³/mol. The van der Waals surface area contributed by atoms with Crippen LogP contribution in [0.15, 0.2) is 30.6 Å². The number of sulfone groups is 1. The van der Waals surface area contributed by atoms with Crippen molar-refractivity contribution in [2.24, 2.45) is 0 Å². The van der Waals surface area contributed by atoms with Gasteiger partial charge in [0, 0.05) is 42.8 Å². The second-order valence-corrected chi connectivity index (χ2v) is 7.57. The molecule has 3 rings (SSSR count). The lowest BCUT2D eigenvalue weighted by molar-refractivity contribution is 0.586. The lowest BCUT2D eigenvalue weighted by atomic mass is 10.2. The Balaban J connectivity index is 1.95. The quantitative estimate of drug-likeness (QED) is 0.850. The van der Waals surface area contributed by atoms with E-state index in [1.807, 2.05) is 30.0 Å². The van der Waals surface area contributed by atoms with E-state index in [-0.39, 0.29) is 11.5 Å². The van der Waals surface area contributed by atoms with Crippen LogP contribution in [0.4, 0.5) is 5.82 Å². The topological polar surface area (TPSA) is 76.1 Å². The van der Waals surface area contributed by atoms with Crippen LogP contribution >= 0.6 is 0 Å². The molecule has 2 aromatic rings. The van der Waals surface area contributed by atoms with Crippen LogP contribution in [-0.2, 0) is 16.3 Å². The Morgan fingerprint density at radius 2 is 1.82 bits per heavy atom. The lowest BCUT2D eigenvalue weighted by Crippen LogP contribution is -2.40. The van der Waals surface area contributed by atoms with Crippen molar-refractivity contribution in [2.45, 2.75) is 13.3 Å². The van der Waals surface area contributed by atoms with E-state index >= 15 is 0 Å². The molecule has 1 aliphatic rings. The normalized spacial score (nSPS) is 17.4. The molecule has 0 unspecified atom stereocenters. The average Bonchev–Trinajstić information content (AvgIpc) is 2.55. The highest BCUT2D eigenvalue weighted by Crippen LogP contribution is 2.21. The van der Waals surface area contributed by atoms with Crippen molar-refractivity contribution in [3.05, 3.63) is 36.3 Å². The smallest absolute Gasteiger partial charge is 0.161 e. The zero-order chi connectivity index (χ0) is 15.6. The van der Waals surface area contributed by atoms with Gasteiger partial charge in [0.2, 0.25) is 0 Å². The van der Waals surface area contributed by atoms with Crippen molar-refractivity contribution in [2.75, 3.05) is 29.5 Å². The molecule has 0 bridgehead atoms. The minimum Gasteiger partial charge on any atom is -0.354 e. The molecule has 0 spiro atoms. The van der Waals surface area contributed by atoms with Crippen LogP contribution in [-0.4, -0.2) is 48.0 Å². The summed E-state index contributed by atoms with van der Waals surface area (Å²) in [6.45, 7) is 3.01. The number of pyridine rings is 1. The van der Waals surface area contributed by atoms with E-state index in [0.29, 0.717) is 18.9 Å². The monoisotopic (exact) mass is 318 g/mol. The van der Waals surface area contributed by atoms with Crippen molar-refractivity contribution in [3.8, 4) is 11.4 Å². The van der Waals surface area contributed by atoms with Gasteiger partial charge in [-0.05, 0) is 18.6 Å². The molecular weight excluding hydrogens is 300 g/mol. The minimum atomic E-state index is -2.89. The van der Waals surface area contributed by atoms with Crippen molar-refractivity contribution >= 4 is 15.7 Å². The Labute approximate surface area is 130 Å². The van der Waals surface area contributed by atoms with Gasteiger partial charge in [0.25, 0.3) is 0 Å². The van der Waals surface area contributed by atoms with E-state index in [9.17, 15) is 8.42 Å². The maximum atomic E-state index is 11.6. The van der Waals surface area contributed by atoms with Crippen LogP contribution in [0.3, 0.4) is 0 Å². The van der Waals surface area contributed by atoms with Crippen LogP contribution < -0.4 is 4.90 Å². The largest absolute Gasteiger partial charge is 0.354 e. The zero-order valence-electron chi connectivity index (χ0n) is 12.4. The Bertz CT molecular complexity index is 748. The first kappa shape index (κ1) is 14.9. The third-order valence-corrected chi connectivity index (χ3v) is 5.34. The highest BCUT2D eigenvalue weighted by atomic mass is 32.2. The zero-order valence-corrected chi connectivity index (χ0v) is 13.3. The minimum absolute atomic E-state index is 0.184. The van der Waals surface area contributed by atoms with E-state index in [2.05, 4.69) is 15.0 Å². The summed E-state index contributed by atoms with van der Waals surface area (Å²) < 4.78 is 23.1. The molecule has 116 valence electrons. The highest BCUT2D eigenvalue weighted by Gasteiger charge is 2.23. The van der Waals surface area contributed by atoms with Crippen molar-refractivity contribution in [1.82, 2.24) is 15.0 Å². The summed E-state index contributed by atoms with van der Waals surface area (Å²) in [6, 6.07) is 5.70. The standard InChI is InChI=1S/C15H18N4O2S/c1-2-13-11-14(19-7-9-22(20,21)10-8-19)18-15(17-13)12-3-5-16-6-4-12/h3-6,11H,2,7-10H2,1H3. The van der Waals surface area contributed by atoms with Gasteiger partial charge >= 0.3 is 0 Å². The summed E-state index contributed by atoms with van der Waals surface area (Å²) in [7, 11) is -2.89. The van der Waals surface area contributed by atoms with Gasteiger partial charge in [-0.25, -0.2) is 18.4 Å². The number of rotatable bonds is 3. The molecule has 7 heteroatoms. The molecule has 3 heterocycles. The van der Waals surface area contributed by atoms with Crippen LogP contribution in [0.1, 0.15) is 12.6 Å². The molecule has 0 N–H and O–H groups in total. The maximum absolute atomic E-state index is 11.6. The second kappa shape index (κ2) is 6.00. The number of aryl methyl sites for hydroxylation is 1. The van der Waals surface area contributed by atoms with E-state index < -0.39 is 9.84 Å². The van der Waals surface area contributed by atoms with Crippen LogP contribution in [0.5, 0.6) is 0 Å². The van der Waals surface area contributed by atoms with Crippen LogP contribution in [0.2, 0.25) is 0 Å². The first-order chi connectivity index (χ1) is 10.6. The lowest BCUT2D eigenvalue weighted by Gasteiger charge is -2.28. The summed E-state index contributed by atoms with van der Waals surface area (Å²) in [5.74, 6) is 1.82. The summed E-state index contributed by atoms with van der Waals surface area (Å²) in [5, 5.41) is 0. The molecule has 0 aromatic carbocycles. The van der Waals surface area contributed by atoms with Crippen molar-refractivity contribution in [3.63, 3.8) is 0 Å². The fourth-order valence-corrected chi connectivity index (χ4v) is 3.60. The summed E-state index contributed by atoms with van der Waals surface area (Å²) in [4.78, 5) is 15.2. The molecule has 6 nitrogen and oxygen atoms in total. The SMILES string of the molecule is CCc1cc(N2CCS(=O)(=O)CC2)nc(-c2ccncc2)n1. The Morgan fingerprint density at radius 3 is 2.45 bits per heavy atom. The third kappa shape index (κ3) is 3.24. The molecule has 1 fully saturated rings. The van der Waals surface area contributed by atoms with E-state index in [1.165, 1.54) is 0 Å². The predicted octanol–water partition coefficient (Wildman–Crippen LogP) is 1.34. The maximum Gasteiger partial charge on any atom is 0.161 e. The highest BCUT2D eigenvalue weighted by molar-refractivity contribution is 7.91. The fraction of sp³-hybridized carbons (Fsp3) is 0.400. The van der Waals surface area contributed by atoms with Crippen LogP contribution in [0, 0.1) is 0 Å². The van der Waals surface area contributed by atoms with Crippen LogP contribution in [0.25, 0.3) is 11.4 Å². The molecule has 0 aliphatic carbocycles. The Hall–Kier alpha value is -2.02. The van der Waals surface area contributed by atoms with E-state index in [1.54, 1.807) is 12.4 Å². The average molecular weight is 318 g/mol. The fourth-order valence-electron chi connectivity index (χ4n) is 2.40. The number of hydrogen-bond donors (Lipinski definition) is 0. The molecule has 1 saturated heterocycles. The van der Waals surface area contributed by atoms with E-state index in [4.69, 9.17) is 0 Å². The molecule has 2 aromatic heterocycles. The Kier molecular flexibility index (Phi) is 4.06. The molecule has 22 heavy (non-hydrogen) atoms. The van der Waals surface area contributed by atoms with Gasteiger partial charge in [0.05, 0.1) is 11.5 Å². The first-order valence-corrected chi connectivity index (χ1v) is 9.13. The summed E-state index contributed by atoms with van der Waals surface area (Å²) in [5.41, 5.74) is 1.86. The molecule has 0 atom stereocenters. The second-order valence-electron chi connectivity index (χ2n) is 5.27. The number of nitrogens with zero attached hydrogens (tertiary/aromatic N) is 4. The van der Waals surface area contributed by atoms with Gasteiger partial charge in [0.1, 0.15) is 5.82 Å². The van der Waals surface area contributed by atoms with Crippen molar-refractivity contribution < 1.29 is 8.42 Å². The third-order valence-electron chi connectivity index (χ3n) is 3.73. The number of aromatic nitrogens is 3. The molecule has 0 radical (unpaired) electrons. The van der Waals surface area contributed by atoms with Gasteiger partial charge in [-0.3, -0.25) is 4.98 Å². The molecule has 1 aliphatic heterocycles. The molecule has 0 saturated carbocycles. The molecular formula is C15H18N4O2S. The van der Waals surface area contributed by atoms with Gasteiger partial charge in [0.15, 0.2) is 15.7 Å². The number of anilines is 1. The van der Waals surface area contributed by atoms with E-state index in [0.717, 1.165) is 23.5 Å². The summed E-state index contributed by atoms with van der Waals surface area (Å²) >= 11 is 0. The summed E-state index contributed by atoms with van der Waals surface area (Å²) in [6.07, 6.45) is 4.23. The van der Waals surface area contributed by atoms with Crippen molar-refractivity contribution in [1.29, 1.82) is 0 Å². The molecule has 0 amide bonds. The first-order valence-electron chi connectivity index (χ1n) is 7.31. The Morgan fingerprint density at radius 1 is 1.14 bits per heavy atom. The van der Waals surface area contributed by atoms with Gasteiger partial charge < -0.3 is 4.90 Å². The van der Waals surface area contributed by atoms with Gasteiger partial charge in [-0.2, -0.15) is 0 Å².